The number of methoxy groups -OCH3 is 1. The predicted molar refractivity (Wildman–Crippen MR) is 119 cm³/mol. The molecule has 1 saturated heterocycles. The second-order valence-electron chi connectivity index (χ2n) is 6.97. The molecule has 0 radical (unpaired) electrons. The van der Waals surface area contributed by atoms with Crippen molar-refractivity contribution in [3.8, 4) is 16.2 Å². The summed E-state index contributed by atoms with van der Waals surface area (Å²) in [5.41, 5.74) is 1.87. The van der Waals surface area contributed by atoms with Crippen molar-refractivity contribution in [1.29, 1.82) is 0 Å². The van der Waals surface area contributed by atoms with Gasteiger partial charge in [0.25, 0.3) is 15.9 Å². The summed E-state index contributed by atoms with van der Waals surface area (Å²) in [5.74, 6) is 0.319. The van der Waals surface area contributed by atoms with Crippen molar-refractivity contribution in [2.24, 2.45) is 0 Å². The summed E-state index contributed by atoms with van der Waals surface area (Å²) in [5, 5.41) is 2.86. The van der Waals surface area contributed by atoms with Gasteiger partial charge in [-0.3, -0.25) is 4.79 Å². The molecule has 0 bridgehead atoms. The van der Waals surface area contributed by atoms with E-state index in [9.17, 15) is 13.2 Å². The molecular weight excluding hydrogens is 420 g/mol. The van der Waals surface area contributed by atoms with Gasteiger partial charge in [0.05, 0.1) is 12.8 Å². The van der Waals surface area contributed by atoms with Crippen LogP contribution in [0.25, 0.3) is 10.4 Å². The van der Waals surface area contributed by atoms with Gasteiger partial charge in [0.1, 0.15) is 9.96 Å². The molecule has 0 saturated carbocycles. The van der Waals surface area contributed by atoms with Crippen molar-refractivity contribution in [2.75, 3.05) is 25.5 Å². The summed E-state index contributed by atoms with van der Waals surface area (Å²) in [4.78, 5) is 13.5. The summed E-state index contributed by atoms with van der Waals surface area (Å²) in [7, 11) is -1.89. The van der Waals surface area contributed by atoms with Gasteiger partial charge in [-0.2, -0.15) is 4.31 Å². The highest BCUT2D eigenvalue weighted by atomic mass is 32.2. The maximum Gasteiger partial charge on any atom is 0.255 e. The first kappa shape index (κ1) is 20.6. The lowest BCUT2D eigenvalue weighted by Gasteiger charge is -2.13. The Bertz CT molecular complexity index is 1170. The first-order valence-electron chi connectivity index (χ1n) is 9.64. The Morgan fingerprint density at radius 1 is 1.03 bits per heavy atom. The minimum absolute atomic E-state index is 0.261. The monoisotopic (exact) mass is 442 g/mol. The maximum absolute atomic E-state index is 12.8. The molecule has 4 rings (SSSR count). The average molecular weight is 443 g/mol. The Labute approximate surface area is 180 Å². The SMILES string of the molecule is COc1ccccc1NC(=O)c1cccc(-c2ccc(S(=O)(=O)N3CCCC3)s2)c1. The van der Waals surface area contributed by atoms with Crippen LogP contribution < -0.4 is 10.1 Å². The summed E-state index contributed by atoms with van der Waals surface area (Å²) < 4.78 is 32.7. The van der Waals surface area contributed by atoms with Gasteiger partial charge < -0.3 is 10.1 Å². The number of para-hydroxylation sites is 2. The molecule has 0 unspecified atom stereocenters. The number of carbonyl (C=O) groups is 1. The number of carbonyl (C=O) groups excluding carboxylic acids is 1. The number of ether oxygens (including phenoxy) is 1. The first-order valence-corrected chi connectivity index (χ1v) is 11.9. The zero-order valence-corrected chi connectivity index (χ0v) is 18.1. The summed E-state index contributed by atoms with van der Waals surface area (Å²) >= 11 is 1.23. The number of nitrogens with one attached hydrogen (secondary N) is 1. The van der Waals surface area contributed by atoms with Crippen molar-refractivity contribution in [1.82, 2.24) is 4.31 Å². The highest BCUT2D eigenvalue weighted by molar-refractivity contribution is 7.91. The lowest BCUT2D eigenvalue weighted by molar-refractivity contribution is 0.102. The summed E-state index contributed by atoms with van der Waals surface area (Å²) in [6.45, 7) is 1.16. The molecule has 1 fully saturated rings. The quantitative estimate of drug-likeness (QED) is 0.612. The van der Waals surface area contributed by atoms with Crippen molar-refractivity contribution in [2.45, 2.75) is 17.1 Å². The second kappa shape index (κ2) is 8.59. The first-order chi connectivity index (χ1) is 14.5. The van der Waals surface area contributed by atoms with Crippen LogP contribution in [0.5, 0.6) is 5.75 Å². The molecule has 8 heteroatoms. The highest BCUT2D eigenvalue weighted by Crippen LogP contribution is 2.34. The fourth-order valence-electron chi connectivity index (χ4n) is 3.43. The van der Waals surface area contributed by atoms with E-state index in [1.165, 1.54) is 11.3 Å². The lowest BCUT2D eigenvalue weighted by atomic mass is 10.1. The van der Waals surface area contributed by atoms with Gasteiger partial charge in [-0.1, -0.05) is 24.3 Å². The van der Waals surface area contributed by atoms with Crippen LogP contribution in [0, 0.1) is 0 Å². The Kier molecular flexibility index (Phi) is 5.90. The fraction of sp³-hybridized carbons (Fsp3) is 0.227. The van der Waals surface area contributed by atoms with E-state index in [4.69, 9.17) is 4.74 Å². The molecule has 30 heavy (non-hydrogen) atoms. The van der Waals surface area contributed by atoms with E-state index in [0.717, 1.165) is 23.3 Å². The third-order valence-corrected chi connectivity index (χ3v) is 8.51. The van der Waals surface area contributed by atoms with Crippen LogP contribution in [0.2, 0.25) is 0 Å². The van der Waals surface area contributed by atoms with Gasteiger partial charge in [0, 0.05) is 23.5 Å². The molecule has 3 aromatic rings. The zero-order valence-electron chi connectivity index (χ0n) is 16.5. The molecule has 2 heterocycles. The van der Waals surface area contributed by atoms with E-state index in [-0.39, 0.29) is 5.91 Å². The average Bonchev–Trinajstić information content (AvgIpc) is 3.47. The standard InChI is InChI=1S/C22H22N2O4S2/c1-28-19-10-3-2-9-18(19)23-22(25)17-8-6-7-16(15-17)20-11-12-21(29-20)30(26,27)24-13-4-5-14-24/h2-3,6-12,15H,4-5,13-14H2,1H3,(H,23,25). The summed E-state index contributed by atoms with van der Waals surface area (Å²) in [6.07, 6.45) is 1.81. The van der Waals surface area contributed by atoms with Crippen LogP contribution in [0.4, 0.5) is 5.69 Å². The number of benzene rings is 2. The molecular formula is C22H22N2O4S2. The van der Waals surface area contributed by atoms with Gasteiger partial charge >= 0.3 is 0 Å². The third-order valence-electron chi connectivity index (χ3n) is 5.00. The smallest absolute Gasteiger partial charge is 0.255 e. The Morgan fingerprint density at radius 3 is 2.57 bits per heavy atom. The molecule has 0 spiro atoms. The van der Waals surface area contributed by atoms with Crippen LogP contribution >= 0.6 is 11.3 Å². The number of thiophene rings is 1. The molecule has 1 amide bonds. The van der Waals surface area contributed by atoms with E-state index >= 15 is 0 Å². The van der Waals surface area contributed by atoms with Crippen molar-refractivity contribution in [3.63, 3.8) is 0 Å². The second-order valence-corrected chi connectivity index (χ2v) is 10.2. The molecule has 0 atom stereocenters. The van der Waals surface area contributed by atoms with Crippen LogP contribution in [0.1, 0.15) is 23.2 Å². The van der Waals surface area contributed by atoms with Gasteiger partial charge in [0.2, 0.25) is 0 Å². The van der Waals surface area contributed by atoms with Crippen molar-refractivity contribution in [3.05, 3.63) is 66.2 Å². The van der Waals surface area contributed by atoms with Crippen LogP contribution in [-0.2, 0) is 10.0 Å². The molecule has 1 aliphatic heterocycles. The largest absolute Gasteiger partial charge is 0.495 e. The summed E-state index contributed by atoms with van der Waals surface area (Å²) in [6, 6.07) is 17.8. The van der Waals surface area contributed by atoms with E-state index in [1.807, 2.05) is 18.2 Å². The van der Waals surface area contributed by atoms with E-state index in [0.29, 0.717) is 34.3 Å². The Balaban J connectivity index is 1.57. The fourth-order valence-corrected chi connectivity index (χ4v) is 6.40. The normalized spacial score (nSPS) is 14.6. The van der Waals surface area contributed by atoms with Crippen LogP contribution in [0.15, 0.2) is 64.9 Å². The Morgan fingerprint density at radius 2 is 1.80 bits per heavy atom. The Hall–Kier alpha value is -2.68. The maximum atomic E-state index is 12.8. The topological polar surface area (TPSA) is 75.7 Å². The number of anilines is 1. The minimum atomic E-state index is -3.44. The molecule has 6 nitrogen and oxygen atoms in total. The lowest BCUT2D eigenvalue weighted by Crippen LogP contribution is -2.27. The van der Waals surface area contributed by atoms with E-state index in [2.05, 4.69) is 5.32 Å². The zero-order chi connectivity index (χ0) is 21.1. The predicted octanol–water partition coefficient (Wildman–Crippen LogP) is 4.46. The highest BCUT2D eigenvalue weighted by Gasteiger charge is 2.28. The molecule has 2 aromatic carbocycles. The molecule has 156 valence electrons. The van der Waals surface area contributed by atoms with Gasteiger partial charge in [-0.05, 0) is 54.8 Å². The van der Waals surface area contributed by atoms with E-state index < -0.39 is 10.0 Å². The molecule has 0 aliphatic carbocycles. The minimum Gasteiger partial charge on any atom is -0.495 e. The van der Waals surface area contributed by atoms with Crippen molar-refractivity contribution < 1.29 is 17.9 Å². The van der Waals surface area contributed by atoms with Crippen LogP contribution in [-0.4, -0.2) is 38.8 Å². The van der Waals surface area contributed by atoms with Gasteiger partial charge in [0.15, 0.2) is 0 Å². The molecule has 1 aromatic heterocycles. The third kappa shape index (κ3) is 4.12. The van der Waals surface area contributed by atoms with Crippen molar-refractivity contribution >= 4 is 33.0 Å². The number of sulfonamides is 1. The van der Waals surface area contributed by atoms with Gasteiger partial charge in [-0.15, -0.1) is 11.3 Å². The number of rotatable bonds is 6. The molecule has 1 aliphatic rings. The number of nitrogens with zero attached hydrogens (tertiary/aromatic N) is 1. The van der Waals surface area contributed by atoms with Gasteiger partial charge in [-0.25, -0.2) is 8.42 Å². The molecule has 1 N–H and O–H groups in total. The van der Waals surface area contributed by atoms with Crippen LogP contribution in [0.3, 0.4) is 0 Å². The van der Waals surface area contributed by atoms with E-state index in [1.54, 1.807) is 53.9 Å². The number of amides is 1. The number of hydrogen-bond acceptors (Lipinski definition) is 5. The number of hydrogen-bond donors (Lipinski definition) is 1.